The minimum Gasteiger partial charge on any atom is -0.338 e. The molecule has 0 saturated carbocycles. The van der Waals surface area contributed by atoms with Crippen LogP contribution >= 0.6 is 0 Å². The lowest BCUT2D eigenvalue weighted by Crippen LogP contribution is -2.53. The van der Waals surface area contributed by atoms with E-state index in [1.54, 1.807) is 12.4 Å². The van der Waals surface area contributed by atoms with Crippen molar-refractivity contribution >= 4 is 5.91 Å². The highest BCUT2D eigenvalue weighted by atomic mass is 16.5. The highest BCUT2D eigenvalue weighted by molar-refractivity contribution is 5.77. The van der Waals surface area contributed by atoms with Crippen molar-refractivity contribution in [2.24, 2.45) is 5.41 Å². The molecule has 0 bridgehead atoms. The van der Waals surface area contributed by atoms with Gasteiger partial charge in [0.05, 0.1) is 30.7 Å². The van der Waals surface area contributed by atoms with E-state index in [2.05, 4.69) is 25.0 Å². The van der Waals surface area contributed by atoms with Crippen molar-refractivity contribution in [3.63, 3.8) is 0 Å². The van der Waals surface area contributed by atoms with Crippen LogP contribution < -0.4 is 0 Å². The van der Waals surface area contributed by atoms with Crippen LogP contribution in [0.2, 0.25) is 0 Å². The highest BCUT2D eigenvalue weighted by Gasteiger charge is 2.42. The molecule has 150 valence electrons. The molecule has 2 aliphatic heterocycles. The molecule has 8 heteroatoms. The number of rotatable bonds is 5. The Bertz CT molecular complexity index is 820. The molecule has 1 atom stereocenters. The third-order valence-corrected chi connectivity index (χ3v) is 5.86. The summed E-state index contributed by atoms with van der Waals surface area (Å²) < 4.78 is 5.38. The van der Waals surface area contributed by atoms with Crippen molar-refractivity contribution in [2.45, 2.75) is 59.0 Å². The molecule has 0 N–H and O–H groups in total. The predicted octanol–water partition coefficient (Wildman–Crippen LogP) is 2.14. The van der Waals surface area contributed by atoms with E-state index in [-0.39, 0.29) is 11.3 Å². The van der Waals surface area contributed by atoms with E-state index in [1.807, 2.05) is 18.7 Å². The number of carbonyl (C=O) groups excluding carboxylic acids is 1. The van der Waals surface area contributed by atoms with E-state index in [0.717, 1.165) is 62.5 Å². The summed E-state index contributed by atoms with van der Waals surface area (Å²) >= 11 is 0. The molecule has 0 radical (unpaired) electrons. The molecule has 2 aromatic heterocycles. The summed E-state index contributed by atoms with van der Waals surface area (Å²) in [5, 5.41) is 4.00. The molecule has 1 unspecified atom stereocenters. The fourth-order valence-corrected chi connectivity index (χ4v) is 4.41. The number of hydrogen-bond donors (Lipinski definition) is 0. The normalized spacial score (nSPS) is 23.5. The van der Waals surface area contributed by atoms with E-state index < -0.39 is 0 Å². The molecule has 4 rings (SSSR count). The van der Waals surface area contributed by atoms with Gasteiger partial charge in [-0.15, -0.1) is 0 Å². The van der Waals surface area contributed by atoms with E-state index in [4.69, 9.17) is 4.52 Å². The van der Waals surface area contributed by atoms with Gasteiger partial charge in [0.1, 0.15) is 0 Å². The maximum atomic E-state index is 12.5. The predicted molar refractivity (Wildman–Crippen MR) is 102 cm³/mol. The van der Waals surface area contributed by atoms with Gasteiger partial charge in [-0.1, -0.05) is 12.1 Å². The van der Waals surface area contributed by atoms with Crippen LogP contribution in [0.15, 0.2) is 16.9 Å². The quantitative estimate of drug-likeness (QED) is 0.780. The van der Waals surface area contributed by atoms with Crippen LogP contribution in [0.25, 0.3) is 0 Å². The summed E-state index contributed by atoms with van der Waals surface area (Å²) in [6.07, 6.45) is 8.15. The molecular weight excluding hydrogens is 356 g/mol. The van der Waals surface area contributed by atoms with Gasteiger partial charge in [0.25, 0.3) is 0 Å². The number of likely N-dealkylation sites (tertiary alicyclic amines) is 2. The summed E-state index contributed by atoms with van der Waals surface area (Å²) in [7, 11) is 0. The monoisotopic (exact) mass is 384 g/mol. The van der Waals surface area contributed by atoms with E-state index >= 15 is 0 Å². The van der Waals surface area contributed by atoms with Gasteiger partial charge >= 0.3 is 0 Å². The van der Waals surface area contributed by atoms with Gasteiger partial charge in [-0.3, -0.25) is 19.7 Å². The Labute approximate surface area is 165 Å². The van der Waals surface area contributed by atoms with Crippen LogP contribution in [-0.4, -0.2) is 55.4 Å². The molecule has 2 aromatic rings. The topological polar surface area (TPSA) is 88.3 Å². The summed E-state index contributed by atoms with van der Waals surface area (Å²) in [4.78, 5) is 30.1. The van der Waals surface area contributed by atoms with Crippen LogP contribution in [0.1, 0.15) is 55.7 Å². The third-order valence-electron chi connectivity index (χ3n) is 5.86. The molecule has 4 heterocycles. The molecule has 8 nitrogen and oxygen atoms in total. The Morgan fingerprint density at radius 3 is 2.82 bits per heavy atom. The molecule has 1 spiro atoms. The van der Waals surface area contributed by atoms with Crippen molar-refractivity contribution in [3.8, 4) is 0 Å². The van der Waals surface area contributed by atoms with Crippen LogP contribution in [-0.2, 0) is 24.3 Å². The summed E-state index contributed by atoms with van der Waals surface area (Å²) in [5.74, 6) is 1.66. The Balaban J connectivity index is 1.42. The number of aromatic nitrogens is 4. The second kappa shape index (κ2) is 7.95. The van der Waals surface area contributed by atoms with Gasteiger partial charge in [0, 0.05) is 37.5 Å². The molecule has 2 fully saturated rings. The van der Waals surface area contributed by atoms with Crippen molar-refractivity contribution in [2.75, 3.05) is 19.6 Å². The first-order chi connectivity index (χ1) is 13.5. The SMILES string of the molecule is CCc1noc(CN2CCCC3(CCC(=O)N(Cc4cnc(C)cn4)C3)C2)n1. The second-order valence-corrected chi connectivity index (χ2v) is 8.17. The van der Waals surface area contributed by atoms with Crippen LogP contribution in [0.5, 0.6) is 0 Å². The van der Waals surface area contributed by atoms with Gasteiger partial charge in [0.2, 0.25) is 11.8 Å². The largest absolute Gasteiger partial charge is 0.338 e. The zero-order valence-electron chi connectivity index (χ0n) is 16.7. The molecule has 0 aliphatic carbocycles. The van der Waals surface area contributed by atoms with Crippen molar-refractivity contribution in [1.82, 2.24) is 29.9 Å². The van der Waals surface area contributed by atoms with Gasteiger partial charge in [-0.05, 0) is 32.7 Å². The van der Waals surface area contributed by atoms with E-state index in [9.17, 15) is 4.79 Å². The van der Waals surface area contributed by atoms with Crippen molar-refractivity contribution in [3.05, 3.63) is 35.5 Å². The zero-order valence-corrected chi connectivity index (χ0v) is 16.7. The Hall–Kier alpha value is -2.35. The number of aryl methyl sites for hydroxylation is 2. The molecular formula is C20H28N6O2. The number of carbonyl (C=O) groups is 1. The number of amides is 1. The lowest BCUT2D eigenvalue weighted by molar-refractivity contribution is -0.140. The Morgan fingerprint density at radius 2 is 2.07 bits per heavy atom. The maximum Gasteiger partial charge on any atom is 0.240 e. The molecule has 2 saturated heterocycles. The first-order valence-corrected chi connectivity index (χ1v) is 10.1. The average molecular weight is 384 g/mol. The summed E-state index contributed by atoms with van der Waals surface area (Å²) in [6.45, 7) is 7.94. The first kappa shape index (κ1) is 19.0. The number of hydrogen-bond acceptors (Lipinski definition) is 7. The zero-order chi connectivity index (χ0) is 19.6. The Kier molecular flexibility index (Phi) is 5.39. The fraction of sp³-hybridized carbons (Fsp3) is 0.650. The van der Waals surface area contributed by atoms with Gasteiger partial charge in [0.15, 0.2) is 5.82 Å². The Morgan fingerprint density at radius 1 is 1.18 bits per heavy atom. The smallest absolute Gasteiger partial charge is 0.240 e. The van der Waals surface area contributed by atoms with E-state index in [1.165, 1.54) is 0 Å². The fourth-order valence-electron chi connectivity index (χ4n) is 4.41. The van der Waals surface area contributed by atoms with Crippen molar-refractivity contribution in [1.29, 1.82) is 0 Å². The first-order valence-electron chi connectivity index (χ1n) is 10.1. The minimum absolute atomic E-state index is 0.137. The summed E-state index contributed by atoms with van der Waals surface area (Å²) in [6, 6.07) is 0. The maximum absolute atomic E-state index is 12.5. The lowest BCUT2D eigenvalue weighted by atomic mass is 9.73. The van der Waals surface area contributed by atoms with Crippen LogP contribution in [0.3, 0.4) is 0 Å². The van der Waals surface area contributed by atoms with E-state index in [0.29, 0.717) is 25.4 Å². The molecule has 2 aliphatic rings. The standard InChI is InChI=1S/C20H28N6O2/c1-3-17-23-18(28-24-17)12-25-8-4-6-20(13-25)7-5-19(27)26(14-20)11-16-10-21-15(2)9-22-16/h9-10H,3-8,11-14H2,1-2H3. The van der Waals surface area contributed by atoms with Gasteiger partial charge in [-0.25, -0.2) is 0 Å². The molecule has 28 heavy (non-hydrogen) atoms. The third kappa shape index (κ3) is 4.22. The summed E-state index contributed by atoms with van der Waals surface area (Å²) in [5.41, 5.74) is 1.87. The van der Waals surface area contributed by atoms with Crippen LogP contribution in [0, 0.1) is 12.3 Å². The number of nitrogens with zero attached hydrogens (tertiary/aromatic N) is 6. The number of piperidine rings is 2. The highest BCUT2D eigenvalue weighted by Crippen LogP contribution is 2.39. The van der Waals surface area contributed by atoms with Gasteiger partial charge < -0.3 is 9.42 Å². The minimum atomic E-state index is 0.137. The average Bonchev–Trinajstić information content (AvgIpc) is 3.14. The van der Waals surface area contributed by atoms with Gasteiger partial charge in [-0.2, -0.15) is 4.98 Å². The molecule has 1 amide bonds. The van der Waals surface area contributed by atoms with Crippen molar-refractivity contribution < 1.29 is 9.32 Å². The second-order valence-electron chi connectivity index (χ2n) is 8.17. The lowest BCUT2D eigenvalue weighted by Gasteiger charge is -2.48. The molecule has 0 aromatic carbocycles. The van der Waals surface area contributed by atoms with Crippen LogP contribution in [0.4, 0.5) is 0 Å².